The Balaban J connectivity index is 1.56. The second kappa shape index (κ2) is 8.49. The van der Waals surface area contributed by atoms with E-state index < -0.39 is 0 Å². The van der Waals surface area contributed by atoms with Crippen molar-refractivity contribution in [1.29, 1.82) is 0 Å². The lowest BCUT2D eigenvalue weighted by atomic mass is 9.99. The lowest BCUT2D eigenvalue weighted by Gasteiger charge is -2.13. The van der Waals surface area contributed by atoms with Crippen molar-refractivity contribution in [2.75, 3.05) is 6.54 Å². The van der Waals surface area contributed by atoms with Crippen LogP contribution in [0.1, 0.15) is 44.0 Å². The first kappa shape index (κ1) is 19.8. The number of aryl methyl sites for hydroxylation is 3. The minimum atomic E-state index is -0.140. The predicted octanol–water partition coefficient (Wildman–Crippen LogP) is 4.22. The quantitative estimate of drug-likeness (QED) is 0.529. The highest BCUT2D eigenvalue weighted by molar-refractivity contribution is 5.99. The lowest BCUT2D eigenvalue weighted by Crippen LogP contribution is -2.25. The van der Waals surface area contributed by atoms with Crippen molar-refractivity contribution in [3.8, 4) is 0 Å². The Morgan fingerprint density at radius 2 is 1.73 bits per heavy atom. The van der Waals surface area contributed by atoms with E-state index in [-0.39, 0.29) is 5.91 Å². The van der Waals surface area contributed by atoms with Crippen LogP contribution in [0.25, 0.3) is 5.65 Å². The molecule has 0 radical (unpaired) electrons. The zero-order chi connectivity index (χ0) is 21.1. The molecule has 0 saturated heterocycles. The van der Waals surface area contributed by atoms with E-state index in [4.69, 9.17) is 4.98 Å². The highest BCUT2D eigenvalue weighted by Gasteiger charge is 2.18. The first-order chi connectivity index (χ1) is 14.5. The number of hydrogen-bond donors (Lipinski definition) is 1. The lowest BCUT2D eigenvalue weighted by molar-refractivity contribution is 0.0955. The summed E-state index contributed by atoms with van der Waals surface area (Å²) in [7, 11) is 0. The molecule has 1 amide bonds. The van der Waals surface area contributed by atoms with Crippen molar-refractivity contribution in [3.05, 3.63) is 100.0 Å². The number of fused-ring (bicyclic) bond motifs is 1. The van der Waals surface area contributed by atoms with Gasteiger partial charge in [-0.1, -0.05) is 54.6 Å². The number of benzene rings is 2. The second-order valence-electron chi connectivity index (χ2n) is 7.65. The molecule has 0 aliphatic rings. The molecule has 0 saturated carbocycles. The number of hydrogen-bond acceptors (Lipinski definition) is 3. The van der Waals surface area contributed by atoms with Crippen LogP contribution in [0.5, 0.6) is 0 Å². The molecule has 4 aromatic rings. The maximum atomic E-state index is 12.7. The van der Waals surface area contributed by atoms with Gasteiger partial charge in [0.05, 0.1) is 6.20 Å². The van der Waals surface area contributed by atoms with Crippen molar-refractivity contribution in [2.24, 2.45) is 0 Å². The summed E-state index contributed by atoms with van der Waals surface area (Å²) in [6.45, 7) is 6.74. The van der Waals surface area contributed by atoms with Gasteiger partial charge >= 0.3 is 0 Å². The highest BCUT2D eigenvalue weighted by atomic mass is 16.1. The standard InChI is InChI=1S/C25H26N4O/c1-17-9-7-8-12-21(17)15-22-18(2)28-24-23(16-27-29(24)19(22)3)25(30)26-14-13-20-10-5-4-6-11-20/h4-12,16H,13-15H2,1-3H3,(H,26,30). The zero-order valence-electron chi connectivity index (χ0n) is 17.6. The Morgan fingerprint density at radius 3 is 2.50 bits per heavy atom. The molecule has 0 fully saturated rings. The van der Waals surface area contributed by atoms with E-state index in [0.29, 0.717) is 17.8 Å². The Labute approximate surface area is 176 Å². The van der Waals surface area contributed by atoms with Crippen LogP contribution in [0.2, 0.25) is 0 Å². The molecule has 5 nitrogen and oxygen atoms in total. The summed E-state index contributed by atoms with van der Waals surface area (Å²) >= 11 is 0. The molecule has 0 bridgehead atoms. The van der Waals surface area contributed by atoms with Crippen LogP contribution in [0, 0.1) is 20.8 Å². The van der Waals surface area contributed by atoms with Crippen LogP contribution < -0.4 is 5.32 Å². The minimum Gasteiger partial charge on any atom is -0.352 e. The zero-order valence-corrected chi connectivity index (χ0v) is 17.6. The third-order valence-corrected chi connectivity index (χ3v) is 5.62. The molecule has 2 aromatic heterocycles. The van der Waals surface area contributed by atoms with Gasteiger partial charge in [-0.15, -0.1) is 0 Å². The van der Waals surface area contributed by atoms with Crippen molar-refractivity contribution < 1.29 is 4.79 Å². The maximum absolute atomic E-state index is 12.7. The fraction of sp³-hybridized carbons (Fsp3) is 0.240. The molecule has 152 valence electrons. The molecule has 2 aromatic carbocycles. The molecule has 0 atom stereocenters. The smallest absolute Gasteiger partial charge is 0.256 e. The number of nitrogens with zero attached hydrogens (tertiary/aromatic N) is 3. The van der Waals surface area contributed by atoms with Crippen molar-refractivity contribution >= 4 is 11.6 Å². The molecule has 1 N–H and O–H groups in total. The van der Waals surface area contributed by atoms with E-state index in [2.05, 4.69) is 53.7 Å². The van der Waals surface area contributed by atoms with Crippen LogP contribution in [-0.2, 0) is 12.8 Å². The number of amides is 1. The first-order valence-corrected chi connectivity index (χ1v) is 10.2. The number of aromatic nitrogens is 3. The Morgan fingerprint density at radius 1 is 1.00 bits per heavy atom. The van der Waals surface area contributed by atoms with Crippen LogP contribution in [-0.4, -0.2) is 27.0 Å². The topological polar surface area (TPSA) is 59.3 Å². The number of carbonyl (C=O) groups excluding carboxylic acids is 1. The number of carbonyl (C=O) groups is 1. The third kappa shape index (κ3) is 3.96. The molecular formula is C25H26N4O. The van der Waals surface area contributed by atoms with Crippen LogP contribution in [0.4, 0.5) is 0 Å². The SMILES string of the molecule is Cc1ccccc1Cc1c(C)nc2c(C(=O)NCCc3ccccc3)cnn2c1C. The van der Waals surface area contributed by atoms with E-state index in [0.717, 1.165) is 29.8 Å². The Hall–Kier alpha value is -3.47. The Bertz CT molecular complexity index is 1190. The summed E-state index contributed by atoms with van der Waals surface area (Å²) in [6.07, 6.45) is 3.20. The van der Waals surface area contributed by atoms with E-state index in [1.54, 1.807) is 10.7 Å². The van der Waals surface area contributed by atoms with Gasteiger partial charge in [0.2, 0.25) is 0 Å². The fourth-order valence-corrected chi connectivity index (χ4v) is 3.79. The Kier molecular flexibility index (Phi) is 5.61. The molecular weight excluding hydrogens is 372 g/mol. The average molecular weight is 399 g/mol. The van der Waals surface area contributed by atoms with Crippen molar-refractivity contribution in [2.45, 2.75) is 33.6 Å². The fourth-order valence-electron chi connectivity index (χ4n) is 3.79. The molecule has 0 unspecified atom stereocenters. The normalized spacial score (nSPS) is 11.0. The van der Waals surface area contributed by atoms with E-state index >= 15 is 0 Å². The van der Waals surface area contributed by atoms with Crippen LogP contribution in [0.3, 0.4) is 0 Å². The summed E-state index contributed by atoms with van der Waals surface area (Å²) in [6, 6.07) is 18.5. The number of rotatable bonds is 6. The summed E-state index contributed by atoms with van der Waals surface area (Å²) < 4.78 is 1.78. The van der Waals surface area contributed by atoms with Gasteiger partial charge in [0.15, 0.2) is 5.65 Å². The molecule has 5 heteroatoms. The second-order valence-corrected chi connectivity index (χ2v) is 7.65. The summed E-state index contributed by atoms with van der Waals surface area (Å²) in [5, 5.41) is 7.46. The van der Waals surface area contributed by atoms with Crippen LogP contribution in [0.15, 0.2) is 60.8 Å². The predicted molar refractivity (Wildman–Crippen MR) is 119 cm³/mol. The van der Waals surface area contributed by atoms with Gasteiger partial charge in [-0.3, -0.25) is 4.79 Å². The van der Waals surface area contributed by atoms with Gasteiger partial charge in [0.1, 0.15) is 5.56 Å². The van der Waals surface area contributed by atoms with Crippen molar-refractivity contribution in [3.63, 3.8) is 0 Å². The molecule has 0 aliphatic carbocycles. The van der Waals surface area contributed by atoms with Gasteiger partial charge < -0.3 is 5.32 Å². The van der Waals surface area contributed by atoms with E-state index in [9.17, 15) is 4.79 Å². The molecule has 0 aliphatic heterocycles. The van der Waals surface area contributed by atoms with Gasteiger partial charge in [0, 0.05) is 24.4 Å². The summed E-state index contributed by atoms with van der Waals surface area (Å²) in [5.74, 6) is -0.140. The number of nitrogens with one attached hydrogen (secondary N) is 1. The van der Waals surface area contributed by atoms with Crippen molar-refractivity contribution in [1.82, 2.24) is 19.9 Å². The van der Waals surface area contributed by atoms with Crippen LogP contribution >= 0.6 is 0 Å². The average Bonchev–Trinajstić information content (AvgIpc) is 3.17. The van der Waals surface area contributed by atoms with Gasteiger partial charge in [-0.2, -0.15) is 5.10 Å². The summed E-state index contributed by atoms with van der Waals surface area (Å²) in [4.78, 5) is 17.5. The first-order valence-electron chi connectivity index (χ1n) is 10.2. The van der Waals surface area contributed by atoms with Gasteiger partial charge in [-0.05, 0) is 49.4 Å². The minimum absolute atomic E-state index is 0.140. The molecule has 2 heterocycles. The summed E-state index contributed by atoms with van der Waals surface area (Å²) in [5.41, 5.74) is 7.95. The van der Waals surface area contributed by atoms with Gasteiger partial charge in [-0.25, -0.2) is 9.50 Å². The monoisotopic (exact) mass is 398 g/mol. The van der Waals surface area contributed by atoms with E-state index in [1.165, 1.54) is 16.7 Å². The molecule has 4 rings (SSSR count). The highest BCUT2D eigenvalue weighted by Crippen LogP contribution is 2.21. The van der Waals surface area contributed by atoms with Gasteiger partial charge in [0.25, 0.3) is 5.91 Å². The molecule has 0 spiro atoms. The largest absolute Gasteiger partial charge is 0.352 e. The third-order valence-electron chi connectivity index (χ3n) is 5.62. The maximum Gasteiger partial charge on any atom is 0.256 e. The van der Waals surface area contributed by atoms with E-state index in [1.807, 2.05) is 32.0 Å². The molecule has 30 heavy (non-hydrogen) atoms.